The first-order chi connectivity index (χ1) is 6.57. The Morgan fingerprint density at radius 3 is 2.79 bits per heavy atom. The minimum Gasteiger partial charge on any atom is -0.373 e. The zero-order valence-corrected chi connectivity index (χ0v) is 9.33. The van der Waals surface area contributed by atoms with Crippen molar-refractivity contribution < 1.29 is 4.74 Å². The molecule has 1 saturated carbocycles. The number of nitrogens with zero attached hydrogens (tertiary/aromatic N) is 1. The normalized spacial score (nSPS) is 30.2. The molecule has 2 fully saturated rings. The predicted molar refractivity (Wildman–Crippen MR) is 57.2 cm³/mol. The highest BCUT2D eigenvalue weighted by molar-refractivity contribution is 4.88. The Kier molecular flexibility index (Phi) is 2.82. The lowest BCUT2D eigenvalue weighted by atomic mass is 10.1. The Morgan fingerprint density at radius 2 is 2.21 bits per heavy atom. The Bertz CT molecular complexity index is 201. The van der Waals surface area contributed by atoms with Crippen LogP contribution in [0.25, 0.3) is 0 Å². The summed E-state index contributed by atoms with van der Waals surface area (Å²) >= 11 is 0. The molecule has 3 heteroatoms. The van der Waals surface area contributed by atoms with Crippen LogP contribution in [0.4, 0.5) is 0 Å². The fraction of sp³-hybridized carbons (Fsp3) is 1.00. The predicted octanol–water partition coefficient (Wildman–Crippen LogP) is 0.834. The van der Waals surface area contributed by atoms with E-state index in [4.69, 9.17) is 10.5 Å². The van der Waals surface area contributed by atoms with Crippen LogP contribution in [-0.2, 0) is 4.74 Å². The lowest BCUT2D eigenvalue weighted by molar-refractivity contribution is -0.0872. The van der Waals surface area contributed by atoms with Crippen molar-refractivity contribution in [1.29, 1.82) is 0 Å². The van der Waals surface area contributed by atoms with Crippen LogP contribution in [0.5, 0.6) is 0 Å². The zero-order valence-electron chi connectivity index (χ0n) is 9.33. The standard InChI is InChI=1S/C11H22N2O/c1-11(2)8-13(5-6-14-11)7-10(12)9-3-4-9/h9-10H,3-8,12H2,1-2H3. The van der Waals surface area contributed by atoms with Crippen LogP contribution in [-0.4, -0.2) is 42.8 Å². The highest BCUT2D eigenvalue weighted by Crippen LogP contribution is 2.32. The fourth-order valence-corrected chi connectivity index (χ4v) is 2.24. The molecule has 1 aliphatic heterocycles. The molecule has 0 amide bonds. The number of hydrogen-bond donors (Lipinski definition) is 1. The van der Waals surface area contributed by atoms with Crippen molar-refractivity contribution in [1.82, 2.24) is 4.90 Å². The summed E-state index contributed by atoms with van der Waals surface area (Å²) in [4.78, 5) is 2.45. The molecule has 0 aromatic rings. The van der Waals surface area contributed by atoms with Crippen molar-refractivity contribution in [3.05, 3.63) is 0 Å². The molecule has 2 rings (SSSR count). The van der Waals surface area contributed by atoms with Gasteiger partial charge in [0.2, 0.25) is 0 Å². The molecule has 2 aliphatic rings. The van der Waals surface area contributed by atoms with Crippen LogP contribution in [0.2, 0.25) is 0 Å². The van der Waals surface area contributed by atoms with Gasteiger partial charge in [0.25, 0.3) is 0 Å². The summed E-state index contributed by atoms with van der Waals surface area (Å²) in [6.07, 6.45) is 2.68. The van der Waals surface area contributed by atoms with E-state index in [2.05, 4.69) is 18.7 Å². The van der Waals surface area contributed by atoms with E-state index < -0.39 is 0 Å². The second kappa shape index (κ2) is 3.80. The smallest absolute Gasteiger partial charge is 0.0753 e. The molecular formula is C11H22N2O. The van der Waals surface area contributed by atoms with Gasteiger partial charge in [0.1, 0.15) is 0 Å². The van der Waals surface area contributed by atoms with Gasteiger partial charge < -0.3 is 10.5 Å². The van der Waals surface area contributed by atoms with Gasteiger partial charge in [0, 0.05) is 25.7 Å². The maximum absolute atomic E-state index is 6.12. The van der Waals surface area contributed by atoms with Crippen LogP contribution < -0.4 is 5.73 Å². The minimum absolute atomic E-state index is 0.0154. The SMILES string of the molecule is CC1(C)CN(CC(N)C2CC2)CCO1. The summed E-state index contributed by atoms with van der Waals surface area (Å²) in [7, 11) is 0. The molecule has 2 N–H and O–H groups in total. The first-order valence-electron chi connectivity index (χ1n) is 5.69. The first kappa shape index (κ1) is 10.4. The summed E-state index contributed by atoms with van der Waals surface area (Å²) in [5.74, 6) is 0.806. The molecule has 1 unspecified atom stereocenters. The van der Waals surface area contributed by atoms with Crippen molar-refractivity contribution in [2.45, 2.75) is 38.3 Å². The Balaban J connectivity index is 1.79. The average Bonchev–Trinajstić information content (AvgIpc) is 2.83. The number of hydrogen-bond acceptors (Lipinski definition) is 3. The lowest BCUT2D eigenvalue weighted by Crippen LogP contribution is -2.51. The molecular weight excluding hydrogens is 176 g/mol. The highest BCUT2D eigenvalue weighted by atomic mass is 16.5. The maximum Gasteiger partial charge on any atom is 0.0753 e. The largest absolute Gasteiger partial charge is 0.373 e. The molecule has 82 valence electrons. The Hall–Kier alpha value is -0.120. The van der Waals surface area contributed by atoms with E-state index in [-0.39, 0.29) is 5.60 Å². The number of morpholine rings is 1. The van der Waals surface area contributed by atoms with E-state index in [9.17, 15) is 0 Å². The van der Waals surface area contributed by atoms with E-state index >= 15 is 0 Å². The molecule has 1 aliphatic carbocycles. The number of nitrogens with two attached hydrogens (primary N) is 1. The summed E-state index contributed by atoms with van der Waals surface area (Å²) < 4.78 is 5.67. The van der Waals surface area contributed by atoms with Gasteiger partial charge >= 0.3 is 0 Å². The number of rotatable bonds is 3. The van der Waals surface area contributed by atoms with Crippen LogP contribution >= 0.6 is 0 Å². The molecule has 14 heavy (non-hydrogen) atoms. The van der Waals surface area contributed by atoms with Gasteiger partial charge in [-0.25, -0.2) is 0 Å². The van der Waals surface area contributed by atoms with Gasteiger partial charge in [-0.05, 0) is 32.6 Å². The molecule has 0 bridgehead atoms. The summed E-state index contributed by atoms with van der Waals surface area (Å²) in [5.41, 5.74) is 6.13. The maximum atomic E-state index is 6.12. The van der Waals surface area contributed by atoms with E-state index in [0.29, 0.717) is 6.04 Å². The molecule has 0 spiro atoms. The van der Waals surface area contributed by atoms with Crippen molar-refractivity contribution >= 4 is 0 Å². The van der Waals surface area contributed by atoms with Crippen molar-refractivity contribution in [2.24, 2.45) is 11.7 Å². The summed E-state index contributed by atoms with van der Waals surface area (Å²) in [6, 6.07) is 0.392. The first-order valence-corrected chi connectivity index (χ1v) is 5.69. The lowest BCUT2D eigenvalue weighted by Gasteiger charge is -2.39. The zero-order chi connectivity index (χ0) is 10.2. The summed E-state index contributed by atoms with van der Waals surface area (Å²) in [6.45, 7) is 8.28. The molecule has 0 aromatic carbocycles. The Morgan fingerprint density at radius 1 is 1.50 bits per heavy atom. The van der Waals surface area contributed by atoms with E-state index in [1.807, 2.05) is 0 Å². The molecule has 0 radical (unpaired) electrons. The molecule has 3 nitrogen and oxygen atoms in total. The van der Waals surface area contributed by atoms with E-state index in [0.717, 1.165) is 32.2 Å². The highest BCUT2D eigenvalue weighted by Gasteiger charge is 2.33. The van der Waals surface area contributed by atoms with Crippen LogP contribution in [0.1, 0.15) is 26.7 Å². The minimum atomic E-state index is 0.0154. The molecule has 1 heterocycles. The topological polar surface area (TPSA) is 38.5 Å². The van der Waals surface area contributed by atoms with Gasteiger partial charge in [-0.3, -0.25) is 4.90 Å². The molecule has 1 saturated heterocycles. The van der Waals surface area contributed by atoms with E-state index in [1.54, 1.807) is 0 Å². The van der Waals surface area contributed by atoms with Crippen molar-refractivity contribution in [3.8, 4) is 0 Å². The summed E-state index contributed by atoms with van der Waals surface area (Å²) in [5, 5.41) is 0. The van der Waals surface area contributed by atoms with Gasteiger partial charge in [0.15, 0.2) is 0 Å². The third kappa shape index (κ3) is 2.69. The molecule has 1 atom stereocenters. The Labute approximate surface area is 86.6 Å². The second-order valence-electron chi connectivity index (χ2n) is 5.34. The van der Waals surface area contributed by atoms with Crippen molar-refractivity contribution in [2.75, 3.05) is 26.2 Å². The fourth-order valence-electron chi connectivity index (χ4n) is 2.24. The number of ether oxygens (including phenoxy) is 1. The van der Waals surface area contributed by atoms with Gasteiger partial charge in [0.05, 0.1) is 12.2 Å². The average molecular weight is 198 g/mol. The third-order valence-electron chi connectivity index (χ3n) is 3.20. The van der Waals surface area contributed by atoms with Gasteiger partial charge in [-0.2, -0.15) is 0 Å². The van der Waals surface area contributed by atoms with Crippen molar-refractivity contribution in [3.63, 3.8) is 0 Å². The van der Waals surface area contributed by atoms with Gasteiger partial charge in [-0.15, -0.1) is 0 Å². The van der Waals surface area contributed by atoms with Gasteiger partial charge in [-0.1, -0.05) is 0 Å². The monoisotopic (exact) mass is 198 g/mol. The third-order valence-corrected chi connectivity index (χ3v) is 3.20. The van der Waals surface area contributed by atoms with E-state index in [1.165, 1.54) is 12.8 Å². The second-order valence-corrected chi connectivity index (χ2v) is 5.34. The van der Waals surface area contributed by atoms with Crippen LogP contribution in [0.15, 0.2) is 0 Å². The van der Waals surface area contributed by atoms with Crippen LogP contribution in [0.3, 0.4) is 0 Å². The van der Waals surface area contributed by atoms with Crippen LogP contribution in [0, 0.1) is 5.92 Å². The quantitative estimate of drug-likeness (QED) is 0.730. The molecule has 0 aromatic heterocycles.